The van der Waals surface area contributed by atoms with Crippen LogP contribution in [0.4, 0.5) is 5.82 Å². The number of pyridine rings is 1. The normalized spacial score (nSPS) is 9.50. The van der Waals surface area contributed by atoms with Crippen molar-refractivity contribution in [2.75, 3.05) is 11.9 Å². The molecule has 5 heteroatoms. The summed E-state index contributed by atoms with van der Waals surface area (Å²) in [7, 11) is 0. The van der Waals surface area contributed by atoms with Crippen molar-refractivity contribution < 1.29 is 9.90 Å². The third kappa shape index (κ3) is 3.82. The topological polar surface area (TPSA) is 62.2 Å². The Morgan fingerprint density at radius 3 is 2.70 bits per heavy atom. The number of rotatable bonds is 2. The Bertz CT molecular complexity index is 672. The molecule has 0 saturated carbocycles. The first-order valence-corrected chi connectivity index (χ1v) is 6.20. The third-order valence-electron chi connectivity index (χ3n) is 2.39. The minimum absolute atomic E-state index is 0.233. The number of aromatic nitrogens is 1. The van der Waals surface area contributed by atoms with E-state index in [2.05, 4.69) is 22.1 Å². The van der Waals surface area contributed by atoms with Crippen LogP contribution in [0.25, 0.3) is 0 Å². The number of benzene rings is 1. The van der Waals surface area contributed by atoms with Gasteiger partial charge < -0.3 is 10.4 Å². The van der Waals surface area contributed by atoms with Crippen LogP contribution in [-0.4, -0.2) is 22.6 Å². The molecule has 2 aromatic rings. The van der Waals surface area contributed by atoms with E-state index in [1.807, 2.05) is 0 Å². The van der Waals surface area contributed by atoms with Gasteiger partial charge in [-0.25, -0.2) is 4.98 Å². The second kappa shape index (κ2) is 6.71. The molecule has 0 saturated heterocycles. The molecule has 0 atom stereocenters. The SMILES string of the molecule is O=C(Nc1cccc(C#CCO)n1)c1ccc(Cl)cc1. The van der Waals surface area contributed by atoms with Crippen molar-refractivity contribution in [1.82, 2.24) is 4.98 Å². The fourth-order valence-corrected chi connectivity index (χ4v) is 1.62. The highest BCUT2D eigenvalue weighted by atomic mass is 35.5. The summed E-state index contributed by atoms with van der Waals surface area (Å²) in [4.78, 5) is 16.1. The van der Waals surface area contributed by atoms with Crippen LogP contribution in [0.15, 0.2) is 42.5 Å². The van der Waals surface area contributed by atoms with Gasteiger partial charge in [0.1, 0.15) is 18.1 Å². The van der Waals surface area contributed by atoms with Crippen LogP contribution in [0.3, 0.4) is 0 Å². The molecule has 1 aromatic heterocycles. The fraction of sp³-hybridized carbons (Fsp3) is 0.0667. The molecule has 0 fully saturated rings. The first-order valence-electron chi connectivity index (χ1n) is 5.83. The Morgan fingerprint density at radius 2 is 2.00 bits per heavy atom. The number of carbonyl (C=O) groups is 1. The Kier molecular flexibility index (Phi) is 4.72. The lowest BCUT2D eigenvalue weighted by Gasteiger charge is -2.04. The van der Waals surface area contributed by atoms with E-state index in [4.69, 9.17) is 16.7 Å². The monoisotopic (exact) mass is 286 g/mol. The van der Waals surface area contributed by atoms with Crippen LogP contribution in [0, 0.1) is 11.8 Å². The average molecular weight is 287 g/mol. The second-order valence-corrected chi connectivity index (χ2v) is 4.27. The molecule has 1 amide bonds. The van der Waals surface area contributed by atoms with E-state index in [9.17, 15) is 4.79 Å². The van der Waals surface area contributed by atoms with Crippen LogP contribution in [0.1, 0.15) is 16.1 Å². The van der Waals surface area contributed by atoms with Crippen molar-refractivity contribution in [2.24, 2.45) is 0 Å². The number of anilines is 1. The molecule has 0 aliphatic heterocycles. The molecule has 100 valence electrons. The van der Waals surface area contributed by atoms with E-state index >= 15 is 0 Å². The largest absolute Gasteiger partial charge is 0.384 e. The molecule has 0 bridgehead atoms. The zero-order valence-electron chi connectivity index (χ0n) is 10.4. The smallest absolute Gasteiger partial charge is 0.256 e. The Hall–Kier alpha value is -2.35. The van der Waals surface area contributed by atoms with Gasteiger partial charge in [0.05, 0.1) is 0 Å². The predicted octanol–water partition coefficient (Wildman–Crippen LogP) is 2.33. The lowest BCUT2D eigenvalue weighted by atomic mass is 10.2. The van der Waals surface area contributed by atoms with Gasteiger partial charge in [-0.2, -0.15) is 0 Å². The number of hydrogen-bond donors (Lipinski definition) is 2. The molecule has 0 radical (unpaired) electrons. The minimum atomic E-state index is -0.276. The number of nitrogens with zero attached hydrogens (tertiary/aromatic N) is 1. The molecule has 0 aliphatic carbocycles. The van der Waals surface area contributed by atoms with E-state index in [-0.39, 0.29) is 12.5 Å². The average Bonchev–Trinajstić information content (AvgIpc) is 2.46. The van der Waals surface area contributed by atoms with Gasteiger partial charge in [0.25, 0.3) is 5.91 Å². The Balaban J connectivity index is 2.13. The van der Waals surface area contributed by atoms with Crippen molar-refractivity contribution in [3.63, 3.8) is 0 Å². The molecular formula is C15H11ClN2O2. The number of amides is 1. The predicted molar refractivity (Wildman–Crippen MR) is 77.6 cm³/mol. The standard InChI is InChI=1S/C15H11ClN2O2/c16-12-8-6-11(7-9-12)15(20)18-14-5-1-3-13(17-14)4-2-10-19/h1,3,5-9,19H,10H2,(H,17,18,20). The van der Waals surface area contributed by atoms with E-state index < -0.39 is 0 Å². The highest BCUT2D eigenvalue weighted by molar-refractivity contribution is 6.30. The molecule has 0 aliphatic rings. The van der Waals surface area contributed by atoms with Crippen LogP contribution < -0.4 is 5.32 Å². The molecule has 2 rings (SSSR count). The maximum Gasteiger partial charge on any atom is 0.256 e. The molecule has 2 N–H and O–H groups in total. The summed E-state index contributed by atoms with van der Waals surface area (Å²) in [5.74, 6) is 5.30. The Labute approximate surface area is 121 Å². The molecule has 1 heterocycles. The number of carbonyl (C=O) groups excluding carboxylic acids is 1. The number of halogens is 1. The highest BCUT2D eigenvalue weighted by Gasteiger charge is 2.06. The number of aliphatic hydroxyl groups is 1. The van der Waals surface area contributed by atoms with Crippen LogP contribution in [0.5, 0.6) is 0 Å². The van der Waals surface area contributed by atoms with Crippen molar-refractivity contribution in [3.8, 4) is 11.8 Å². The van der Waals surface area contributed by atoms with E-state index in [1.54, 1.807) is 42.5 Å². The van der Waals surface area contributed by atoms with Crippen LogP contribution in [-0.2, 0) is 0 Å². The summed E-state index contributed by atoms with van der Waals surface area (Å²) >= 11 is 5.77. The third-order valence-corrected chi connectivity index (χ3v) is 2.64. The summed E-state index contributed by atoms with van der Waals surface area (Å²) in [6.07, 6.45) is 0. The van der Waals surface area contributed by atoms with Gasteiger partial charge in [0.2, 0.25) is 0 Å². The van der Waals surface area contributed by atoms with Gasteiger partial charge in [-0.3, -0.25) is 4.79 Å². The minimum Gasteiger partial charge on any atom is -0.384 e. The van der Waals surface area contributed by atoms with E-state index in [1.165, 1.54) is 0 Å². The zero-order valence-corrected chi connectivity index (χ0v) is 11.2. The molecule has 0 unspecified atom stereocenters. The lowest BCUT2D eigenvalue weighted by Crippen LogP contribution is -2.13. The maximum absolute atomic E-state index is 12.0. The second-order valence-electron chi connectivity index (χ2n) is 3.83. The van der Waals surface area contributed by atoms with Crippen molar-refractivity contribution in [2.45, 2.75) is 0 Å². The van der Waals surface area contributed by atoms with E-state index in [0.29, 0.717) is 22.1 Å². The number of hydrogen-bond acceptors (Lipinski definition) is 3. The van der Waals surface area contributed by atoms with Crippen LogP contribution >= 0.6 is 11.6 Å². The van der Waals surface area contributed by atoms with Crippen LogP contribution in [0.2, 0.25) is 5.02 Å². The van der Waals surface area contributed by atoms with Crippen molar-refractivity contribution in [1.29, 1.82) is 0 Å². The summed E-state index contributed by atoms with van der Waals surface area (Å²) in [6.45, 7) is -0.233. The lowest BCUT2D eigenvalue weighted by molar-refractivity contribution is 0.102. The van der Waals surface area contributed by atoms with Gasteiger partial charge in [-0.15, -0.1) is 0 Å². The highest BCUT2D eigenvalue weighted by Crippen LogP contribution is 2.11. The first kappa shape index (κ1) is 14.1. The summed E-state index contributed by atoms with van der Waals surface area (Å²) in [5, 5.41) is 11.9. The molecule has 1 aromatic carbocycles. The zero-order chi connectivity index (χ0) is 14.4. The molecule has 4 nitrogen and oxygen atoms in total. The van der Waals surface area contributed by atoms with E-state index in [0.717, 1.165) is 0 Å². The fourth-order valence-electron chi connectivity index (χ4n) is 1.49. The van der Waals surface area contributed by atoms with Gasteiger partial charge in [0, 0.05) is 10.6 Å². The van der Waals surface area contributed by atoms with Gasteiger partial charge in [-0.1, -0.05) is 23.6 Å². The number of aliphatic hydroxyl groups excluding tert-OH is 1. The van der Waals surface area contributed by atoms with Crippen molar-refractivity contribution in [3.05, 3.63) is 58.7 Å². The van der Waals surface area contributed by atoms with Gasteiger partial charge in [-0.05, 0) is 42.3 Å². The molecule has 20 heavy (non-hydrogen) atoms. The number of nitrogens with one attached hydrogen (secondary N) is 1. The quantitative estimate of drug-likeness (QED) is 0.833. The van der Waals surface area contributed by atoms with Gasteiger partial charge in [0.15, 0.2) is 0 Å². The molecular weight excluding hydrogens is 276 g/mol. The summed E-state index contributed by atoms with van der Waals surface area (Å²) < 4.78 is 0. The molecule has 0 spiro atoms. The summed E-state index contributed by atoms with van der Waals surface area (Å²) in [6, 6.07) is 11.6. The van der Waals surface area contributed by atoms with Gasteiger partial charge >= 0.3 is 0 Å². The summed E-state index contributed by atoms with van der Waals surface area (Å²) in [5.41, 5.74) is 0.969. The van der Waals surface area contributed by atoms with Crippen molar-refractivity contribution >= 4 is 23.3 Å². The first-order chi connectivity index (χ1) is 9.69. The Morgan fingerprint density at radius 1 is 1.25 bits per heavy atom. The maximum atomic E-state index is 12.0.